The first-order valence-electron chi connectivity index (χ1n) is 13.2. The number of benzene rings is 2. The molecule has 2 amide bonds. The van der Waals surface area contributed by atoms with Crippen LogP contribution in [0.15, 0.2) is 66.9 Å². The molecule has 9 heteroatoms. The van der Waals surface area contributed by atoms with Crippen LogP contribution in [-0.4, -0.2) is 50.2 Å². The highest BCUT2D eigenvalue weighted by Gasteiger charge is 2.53. The lowest BCUT2D eigenvalue weighted by molar-refractivity contribution is -0.138. The summed E-state index contributed by atoms with van der Waals surface area (Å²) >= 11 is 0. The molecule has 0 aliphatic carbocycles. The molecule has 0 bridgehead atoms. The van der Waals surface area contributed by atoms with E-state index in [2.05, 4.69) is 10.3 Å². The number of aliphatic hydroxyl groups is 2. The molecule has 198 valence electrons. The fraction of sp³-hybridized carbons (Fsp3) is 0.379. The Bertz CT molecular complexity index is 1340. The van der Waals surface area contributed by atoms with Crippen molar-refractivity contribution in [2.45, 2.75) is 51.2 Å². The number of carbonyl (C=O) groups excluding carboxylic acids is 2. The molecule has 2 aliphatic heterocycles. The van der Waals surface area contributed by atoms with Crippen LogP contribution >= 0.6 is 0 Å². The van der Waals surface area contributed by atoms with Gasteiger partial charge in [0.1, 0.15) is 0 Å². The molecule has 1 saturated heterocycles. The van der Waals surface area contributed by atoms with Crippen molar-refractivity contribution in [3.05, 3.63) is 78.1 Å². The van der Waals surface area contributed by atoms with E-state index in [1.807, 2.05) is 67.6 Å². The third-order valence-corrected chi connectivity index (χ3v) is 7.37. The first-order chi connectivity index (χ1) is 18.4. The van der Waals surface area contributed by atoms with Crippen molar-refractivity contribution in [3.8, 4) is 0 Å². The number of allylic oxidation sites excluding steroid dienone is 1. The van der Waals surface area contributed by atoms with Gasteiger partial charge in [-0.1, -0.05) is 42.5 Å². The third-order valence-electron chi connectivity index (χ3n) is 7.37. The zero-order chi connectivity index (χ0) is 26.7. The standard InChI is InChI=1S/C29H33N5O4/c1-21(9-5-7-16-32-20-22(15-18-35)30-31-32)29(38)25-19-24(33-17-8-6-12-27(33)36)13-14-26(25)34(28(29)37)23-10-3-2-4-11-23/h2-5,9-11,13-14,19-21,35,38H,6-8,12,15-18H2,1H3/b9-5+/t21-,29+/m1/s1. The smallest absolute Gasteiger partial charge is 0.268 e. The van der Waals surface area contributed by atoms with Crippen molar-refractivity contribution >= 4 is 28.9 Å². The summed E-state index contributed by atoms with van der Waals surface area (Å²) in [6.07, 6.45) is 9.01. The molecule has 0 radical (unpaired) electrons. The van der Waals surface area contributed by atoms with E-state index in [-0.39, 0.29) is 12.5 Å². The van der Waals surface area contributed by atoms with Crippen LogP contribution in [-0.2, 0) is 28.2 Å². The highest BCUT2D eigenvalue weighted by molar-refractivity contribution is 6.12. The Morgan fingerprint density at radius 3 is 2.68 bits per heavy atom. The summed E-state index contributed by atoms with van der Waals surface area (Å²) in [4.78, 5) is 29.9. The van der Waals surface area contributed by atoms with Crippen molar-refractivity contribution in [1.82, 2.24) is 15.0 Å². The van der Waals surface area contributed by atoms with Crippen molar-refractivity contribution in [3.63, 3.8) is 0 Å². The van der Waals surface area contributed by atoms with Crippen LogP contribution in [0.25, 0.3) is 0 Å². The highest BCUT2D eigenvalue weighted by atomic mass is 16.3. The minimum Gasteiger partial charge on any atom is -0.396 e. The number of rotatable bonds is 9. The number of para-hydroxylation sites is 1. The van der Waals surface area contributed by atoms with Gasteiger partial charge < -0.3 is 15.1 Å². The number of piperidine rings is 1. The topological polar surface area (TPSA) is 112 Å². The van der Waals surface area contributed by atoms with Gasteiger partial charge in [0.15, 0.2) is 5.60 Å². The summed E-state index contributed by atoms with van der Waals surface area (Å²) in [6.45, 7) is 3.07. The maximum Gasteiger partial charge on any atom is 0.268 e. The SMILES string of the molecule is C[C@H](/C=C/CCn1cc(CCO)nn1)[C@@]1(O)C(=O)N(c2ccccc2)c2ccc(N3CCCCC3=O)cc21. The number of nitrogens with zero attached hydrogens (tertiary/aromatic N) is 5. The molecule has 0 saturated carbocycles. The summed E-state index contributed by atoms with van der Waals surface area (Å²) in [5, 5.41) is 29.2. The number of aryl methyl sites for hydroxylation is 1. The molecule has 2 atom stereocenters. The summed E-state index contributed by atoms with van der Waals surface area (Å²) in [5.41, 5.74) is 1.45. The second-order valence-electron chi connectivity index (χ2n) is 9.90. The summed E-state index contributed by atoms with van der Waals surface area (Å²) in [5.74, 6) is -0.884. The van der Waals surface area contributed by atoms with Crippen molar-refractivity contribution in [1.29, 1.82) is 0 Å². The number of anilines is 3. The van der Waals surface area contributed by atoms with Crippen molar-refractivity contribution in [2.75, 3.05) is 23.0 Å². The second-order valence-corrected chi connectivity index (χ2v) is 9.90. The van der Waals surface area contributed by atoms with E-state index in [0.717, 1.165) is 18.5 Å². The highest BCUT2D eigenvalue weighted by Crippen LogP contribution is 2.49. The van der Waals surface area contributed by atoms with Crippen LogP contribution in [0.2, 0.25) is 0 Å². The lowest BCUT2D eigenvalue weighted by atomic mass is 9.82. The zero-order valence-electron chi connectivity index (χ0n) is 21.5. The lowest BCUT2D eigenvalue weighted by Gasteiger charge is -2.30. The first kappa shape index (κ1) is 25.8. The average Bonchev–Trinajstić information content (AvgIpc) is 3.47. The average molecular weight is 516 g/mol. The molecule has 3 aromatic rings. The molecule has 5 rings (SSSR count). The second kappa shape index (κ2) is 10.9. The van der Waals surface area contributed by atoms with Crippen LogP contribution in [0, 0.1) is 5.92 Å². The fourth-order valence-corrected chi connectivity index (χ4v) is 5.26. The third kappa shape index (κ3) is 4.75. The summed E-state index contributed by atoms with van der Waals surface area (Å²) in [7, 11) is 0. The van der Waals surface area contributed by atoms with Crippen LogP contribution in [0.3, 0.4) is 0 Å². The van der Waals surface area contributed by atoms with Gasteiger partial charge >= 0.3 is 0 Å². The van der Waals surface area contributed by atoms with Crippen molar-refractivity contribution in [2.24, 2.45) is 5.92 Å². The number of aromatic nitrogens is 3. The minimum absolute atomic E-state index is 0.0256. The molecule has 1 aromatic heterocycles. The Labute approximate surface area is 222 Å². The Hall–Kier alpha value is -3.82. The molecule has 2 N–H and O–H groups in total. The van der Waals surface area contributed by atoms with Gasteiger partial charge in [-0.2, -0.15) is 0 Å². The van der Waals surface area contributed by atoms with Crippen LogP contribution in [0.4, 0.5) is 17.1 Å². The first-order valence-corrected chi connectivity index (χ1v) is 13.2. The Balaban J connectivity index is 1.43. The number of hydrogen-bond donors (Lipinski definition) is 2. The van der Waals surface area contributed by atoms with Crippen LogP contribution in [0.1, 0.15) is 43.9 Å². The minimum atomic E-state index is -1.79. The molecule has 0 unspecified atom stereocenters. The maximum absolute atomic E-state index is 13.9. The molecule has 3 heterocycles. The lowest BCUT2D eigenvalue weighted by Crippen LogP contribution is -2.43. The Morgan fingerprint density at radius 1 is 1.11 bits per heavy atom. The Kier molecular flexibility index (Phi) is 7.40. The van der Waals surface area contributed by atoms with Crippen molar-refractivity contribution < 1.29 is 19.8 Å². The van der Waals surface area contributed by atoms with Gasteiger partial charge in [0.2, 0.25) is 5.91 Å². The van der Waals surface area contributed by atoms with Gasteiger partial charge in [0.25, 0.3) is 5.91 Å². The van der Waals surface area contributed by atoms with E-state index in [1.165, 1.54) is 0 Å². The Morgan fingerprint density at radius 2 is 1.92 bits per heavy atom. The molecule has 2 aliphatic rings. The molecular formula is C29H33N5O4. The number of carbonyl (C=O) groups is 2. The zero-order valence-corrected chi connectivity index (χ0v) is 21.5. The quantitative estimate of drug-likeness (QED) is 0.422. The predicted octanol–water partition coefficient (Wildman–Crippen LogP) is 3.48. The van der Waals surface area contributed by atoms with E-state index in [9.17, 15) is 14.7 Å². The molecule has 9 nitrogen and oxygen atoms in total. The number of hydrogen-bond acceptors (Lipinski definition) is 6. The van der Waals surface area contributed by atoms with E-state index in [1.54, 1.807) is 20.7 Å². The number of amides is 2. The van der Waals surface area contributed by atoms with E-state index in [4.69, 9.17) is 5.11 Å². The molecule has 0 spiro atoms. The summed E-state index contributed by atoms with van der Waals surface area (Å²) in [6, 6.07) is 14.8. The fourth-order valence-electron chi connectivity index (χ4n) is 5.26. The van der Waals surface area contributed by atoms with Gasteiger partial charge in [-0.15, -0.1) is 5.10 Å². The molecule has 2 aromatic carbocycles. The normalized spacial score (nSPS) is 20.4. The van der Waals surface area contributed by atoms with Gasteiger partial charge in [-0.3, -0.25) is 19.2 Å². The van der Waals surface area contributed by atoms with Gasteiger partial charge in [0.05, 0.1) is 11.4 Å². The molecule has 1 fully saturated rings. The largest absolute Gasteiger partial charge is 0.396 e. The summed E-state index contributed by atoms with van der Waals surface area (Å²) < 4.78 is 1.71. The number of fused-ring (bicyclic) bond motifs is 1. The van der Waals surface area contributed by atoms with E-state index >= 15 is 0 Å². The van der Waals surface area contributed by atoms with Crippen LogP contribution in [0.5, 0.6) is 0 Å². The van der Waals surface area contributed by atoms with E-state index < -0.39 is 17.4 Å². The van der Waals surface area contributed by atoms with Gasteiger partial charge in [0, 0.05) is 61.6 Å². The molecular weight excluding hydrogens is 482 g/mol. The predicted molar refractivity (Wildman–Crippen MR) is 144 cm³/mol. The number of aliphatic hydroxyl groups excluding tert-OH is 1. The van der Waals surface area contributed by atoms with Gasteiger partial charge in [-0.25, -0.2) is 0 Å². The van der Waals surface area contributed by atoms with E-state index in [0.29, 0.717) is 55.0 Å². The monoisotopic (exact) mass is 515 g/mol. The van der Waals surface area contributed by atoms with Gasteiger partial charge in [-0.05, 0) is 49.6 Å². The maximum atomic E-state index is 13.9. The van der Waals surface area contributed by atoms with Crippen LogP contribution < -0.4 is 9.80 Å². The molecule has 38 heavy (non-hydrogen) atoms.